The third kappa shape index (κ3) is 3.68. The largest absolute Gasteiger partial charge is 0.310 e. The lowest BCUT2D eigenvalue weighted by Crippen LogP contribution is -2.17. The Labute approximate surface area is 180 Å². The molecule has 0 aliphatic carbocycles. The topological polar surface area (TPSA) is 90.5 Å². The molecule has 0 atom stereocenters. The van der Waals surface area contributed by atoms with Crippen molar-refractivity contribution in [2.45, 2.75) is 13.3 Å². The number of aromatic nitrogens is 6. The fourth-order valence-electron chi connectivity index (χ4n) is 3.28. The molecular formula is C21H16FN7OS. The summed E-state index contributed by atoms with van der Waals surface area (Å²) in [6, 6.07) is 11.6. The fourth-order valence-corrected chi connectivity index (χ4v) is 3.98. The van der Waals surface area contributed by atoms with Crippen molar-refractivity contribution in [2.75, 3.05) is 5.32 Å². The van der Waals surface area contributed by atoms with Crippen molar-refractivity contribution in [3.05, 3.63) is 76.8 Å². The summed E-state index contributed by atoms with van der Waals surface area (Å²) in [5, 5.41) is 14.4. The van der Waals surface area contributed by atoms with E-state index in [0.717, 1.165) is 10.6 Å². The number of benzene rings is 1. The Kier molecular flexibility index (Phi) is 4.75. The molecule has 0 saturated heterocycles. The fraction of sp³-hybridized carbons (Fsp3) is 0.0952. The van der Waals surface area contributed by atoms with Crippen LogP contribution in [0.3, 0.4) is 0 Å². The number of fused-ring (bicyclic) bond motifs is 1. The average Bonchev–Trinajstić information content (AvgIpc) is 3.49. The summed E-state index contributed by atoms with van der Waals surface area (Å²) < 4.78 is 16.5. The SMILES string of the molecule is Cc1cc(NC(=O)Cc2cccs2)n(-c2ncnc3c2cnn3-c2ccc(F)cc2)n1. The Morgan fingerprint density at radius 1 is 1.16 bits per heavy atom. The van der Waals surface area contributed by atoms with Crippen molar-refractivity contribution in [3.63, 3.8) is 0 Å². The Morgan fingerprint density at radius 2 is 2.00 bits per heavy atom. The second-order valence-electron chi connectivity index (χ2n) is 6.85. The van der Waals surface area contributed by atoms with Crippen LogP contribution in [0.1, 0.15) is 10.6 Å². The summed E-state index contributed by atoms with van der Waals surface area (Å²) in [4.78, 5) is 22.2. The first-order valence-corrected chi connectivity index (χ1v) is 10.3. The molecule has 0 saturated carbocycles. The van der Waals surface area contributed by atoms with Crippen LogP contribution in [0.5, 0.6) is 0 Å². The number of aryl methyl sites for hydroxylation is 1. The second kappa shape index (κ2) is 7.73. The lowest BCUT2D eigenvalue weighted by molar-refractivity contribution is -0.115. The Morgan fingerprint density at radius 3 is 2.77 bits per heavy atom. The van der Waals surface area contributed by atoms with Gasteiger partial charge in [-0.1, -0.05) is 6.07 Å². The molecule has 10 heteroatoms. The molecule has 0 aliphatic rings. The highest BCUT2D eigenvalue weighted by molar-refractivity contribution is 7.10. The van der Waals surface area contributed by atoms with Gasteiger partial charge in [-0.3, -0.25) is 4.79 Å². The van der Waals surface area contributed by atoms with E-state index in [-0.39, 0.29) is 18.1 Å². The van der Waals surface area contributed by atoms with Crippen molar-refractivity contribution in [2.24, 2.45) is 0 Å². The molecule has 154 valence electrons. The zero-order valence-electron chi connectivity index (χ0n) is 16.4. The quantitative estimate of drug-likeness (QED) is 0.457. The second-order valence-corrected chi connectivity index (χ2v) is 7.89. The van der Waals surface area contributed by atoms with Crippen LogP contribution in [0.2, 0.25) is 0 Å². The number of amides is 1. The van der Waals surface area contributed by atoms with E-state index in [1.807, 2.05) is 24.4 Å². The van der Waals surface area contributed by atoms with Gasteiger partial charge in [-0.2, -0.15) is 14.9 Å². The van der Waals surface area contributed by atoms with E-state index in [4.69, 9.17) is 0 Å². The van der Waals surface area contributed by atoms with Gasteiger partial charge in [0, 0.05) is 10.9 Å². The van der Waals surface area contributed by atoms with Gasteiger partial charge in [0.2, 0.25) is 5.91 Å². The van der Waals surface area contributed by atoms with Gasteiger partial charge in [0.25, 0.3) is 0 Å². The highest BCUT2D eigenvalue weighted by Gasteiger charge is 2.18. The molecule has 4 aromatic heterocycles. The van der Waals surface area contributed by atoms with Crippen molar-refractivity contribution in [1.29, 1.82) is 0 Å². The number of anilines is 1. The zero-order valence-corrected chi connectivity index (χ0v) is 17.2. The normalized spacial score (nSPS) is 11.2. The van der Waals surface area contributed by atoms with Gasteiger partial charge in [-0.15, -0.1) is 11.3 Å². The molecule has 0 bridgehead atoms. The van der Waals surface area contributed by atoms with Gasteiger partial charge < -0.3 is 5.32 Å². The van der Waals surface area contributed by atoms with Gasteiger partial charge in [0.05, 0.1) is 29.4 Å². The third-order valence-corrected chi connectivity index (χ3v) is 5.51. The minimum atomic E-state index is -0.328. The number of thiophene rings is 1. The molecule has 5 aromatic rings. The number of hydrogen-bond donors (Lipinski definition) is 1. The molecule has 0 spiro atoms. The summed E-state index contributed by atoms with van der Waals surface area (Å²) >= 11 is 1.53. The van der Waals surface area contributed by atoms with Crippen molar-refractivity contribution < 1.29 is 9.18 Å². The Hall–Kier alpha value is -3.92. The maximum atomic E-state index is 13.3. The first-order valence-electron chi connectivity index (χ1n) is 9.42. The van der Waals surface area contributed by atoms with Crippen LogP contribution in [-0.4, -0.2) is 35.4 Å². The smallest absolute Gasteiger partial charge is 0.230 e. The molecule has 1 aromatic carbocycles. The number of carbonyl (C=O) groups excluding carboxylic acids is 1. The molecule has 8 nitrogen and oxygen atoms in total. The first kappa shape index (κ1) is 19.1. The predicted molar refractivity (Wildman–Crippen MR) is 115 cm³/mol. The van der Waals surface area contributed by atoms with E-state index < -0.39 is 0 Å². The van der Waals surface area contributed by atoms with Gasteiger partial charge in [0.15, 0.2) is 11.5 Å². The average molecular weight is 433 g/mol. The van der Waals surface area contributed by atoms with Gasteiger partial charge in [-0.05, 0) is 42.6 Å². The van der Waals surface area contributed by atoms with Crippen molar-refractivity contribution >= 4 is 34.1 Å². The maximum Gasteiger partial charge on any atom is 0.230 e. The van der Waals surface area contributed by atoms with Gasteiger partial charge in [0.1, 0.15) is 18.0 Å². The number of nitrogens with zero attached hydrogens (tertiary/aromatic N) is 6. The lowest BCUT2D eigenvalue weighted by atomic mass is 10.3. The third-order valence-electron chi connectivity index (χ3n) is 4.63. The lowest BCUT2D eigenvalue weighted by Gasteiger charge is -2.09. The van der Waals surface area contributed by atoms with Crippen LogP contribution < -0.4 is 5.32 Å². The van der Waals surface area contributed by atoms with Crippen LogP contribution in [0.15, 0.2) is 60.4 Å². The van der Waals surface area contributed by atoms with E-state index in [9.17, 15) is 9.18 Å². The number of halogens is 1. The maximum absolute atomic E-state index is 13.3. The van der Waals surface area contributed by atoms with E-state index in [1.54, 1.807) is 33.8 Å². The summed E-state index contributed by atoms with van der Waals surface area (Å²) in [7, 11) is 0. The zero-order chi connectivity index (χ0) is 21.4. The molecule has 0 unspecified atom stereocenters. The predicted octanol–water partition coefficient (Wildman–Crippen LogP) is 3.69. The molecule has 5 rings (SSSR count). The summed E-state index contributed by atoms with van der Waals surface area (Å²) in [5.41, 5.74) is 1.94. The number of hydrogen-bond acceptors (Lipinski definition) is 6. The first-order chi connectivity index (χ1) is 15.1. The summed E-state index contributed by atoms with van der Waals surface area (Å²) in [5.74, 6) is 0.521. The van der Waals surface area contributed by atoms with E-state index in [0.29, 0.717) is 28.4 Å². The van der Waals surface area contributed by atoms with Gasteiger partial charge in [-0.25, -0.2) is 19.0 Å². The van der Waals surface area contributed by atoms with Crippen LogP contribution in [0, 0.1) is 12.7 Å². The number of nitrogens with one attached hydrogen (secondary N) is 1. The summed E-state index contributed by atoms with van der Waals surface area (Å²) in [6.07, 6.45) is 3.32. The molecule has 0 radical (unpaired) electrons. The van der Waals surface area contributed by atoms with Crippen LogP contribution in [0.4, 0.5) is 10.2 Å². The molecule has 1 N–H and O–H groups in total. The van der Waals surface area contributed by atoms with Crippen LogP contribution in [-0.2, 0) is 11.2 Å². The van der Waals surface area contributed by atoms with E-state index in [2.05, 4.69) is 25.5 Å². The minimum absolute atomic E-state index is 0.143. The number of carbonyl (C=O) groups is 1. The Bertz CT molecular complexity index is 1370. The minimum Gasteiger partial charge on any atom is -0.310 e. The molecule has 4 heterocycles. The standard InChI is InChI=1S/C21H16FN7OS/c1-13-9-18(26-19(30)10-16-3-2-8-31-16)29(27-13)21-17-11-25-28(20(17)23-12-24-21)15-6-4-14(22)5-7-15/h2-9,11-12H,10H2,1H3,(H,26,30). The monoisotopic (exact) mass is 433 g/mol. The molecule has 0 aliphatic heterocycles. The molecule has 0 fully saturated rings. The molecule has 1 amide bonds. The summed E-state index contributed by atoms with van der Waals surface area (Å²) in [6.45, 7) is 1.84. The van der Waals surface area contributed by atoms with Crippen LogP contribution in [0.25, 0.3) is 22.5 Å². The van der Waals surface area contributed by atoms with Crippen molar-refractivity contribution in [3.8, 4) is 11.5 Å². The highest BCUT2D eigenvalue weighted by atomic mass is 32.1. The highest BCUT2D eigenvalue weighted by Crippen LogP contribution is 2.24. The van der Waals surface area contributed by atoms with Crippen molar-refractivity contribution in [1.82, 2.24) is 29.5 Å². The molecular weight excluding hydrogens is 417 g/mol. The Balaban J connectivity index is 1.53. The van der Waals surface area contributed by atoms with E-state index >= 15 is 0 Å². The van der Waals surface area contributed by atoms with Gasteiger partial charge >= 0.3 is 0 Å². The number of rotatable bonds is 5. The van der Waals surface area contributed by atoms with E-state index in [1.165, 1.54) is 29.8 Å². The van der Waals surface area contributed by atoms with Crippen LogP contribution >= 0.6 is 11.3 Å². The molecule has 31 heavy (non-hydrogen) atoms.